The lowest BCUT2D eigenvalue weighted by Crippen LogP contribution is -2.70. The van der Waals surface area contributed by atoms with Gasteiger partial charge in [0.25, 0.3) is 16.0 Å². The molecule has 1 amide bonds. The molecule has 0 aromatic heterocycles. The molecule has 10 nitrogen and oxygen atoms in total. The standard InChI is InChI=1S/C15H24N2O5.C7H8O3S/c1-5-6-7-8-10(18)22-14-11(16)13(19)17(14)12(9(2)3)15(20)21-4;1-6-2-4-7(5-3-6)11(8,9)10/h11,14H,5-8,16H2,1-4H3;2-5H,1H3,(H,8,9,10)/t11-,14-;/m1./s1. The Hall–Kier alpha value is -2.76. The molecule has 2 atom stereocenters. The van der Waals surface area contributed by atoms with Crippen LogP contribution in [0.1, 0.15) is 52.0 Å². The number of likely N-dealkylation sites (tertiary alicyclic amines) is 1. The Balaban J connectivity index is 0.000000412. The highest BCUT2D eigenvalue weighted by Crippen LogP contribution is 2.28. The third-order valence-corrected chi connectivity index (χ3v) is 5.60. The minimum Gasteiger partial charge on any atom is -0.464 e. The number of carbonyl (C=O) groups excluding carboxylic acids is 3. The number of esters is 2. The summed E-state index contributed by atoms with van der Waals surface area (Å²) in [5.74, 6) is -1.55. The van der Waals surface area contributed by atoms with Crippen molar-refractivity contribution in [2.45, 2.75) is 70.5 Å². The number of hydrogen-bond acceptors (Lipinski definition) is 8. The predicted octanol–water partition coefficient (Wildman–Crippen LogP) is 2.31. The lowest BCUT2D eigenvalue weighted by atomic mass is 10.0. The number of amides is 1. The van der Waals surface area contributed by atoms with Crippen molar-refractivity contribution >= 4 is 28.0 Å². The molecule has 33 heavy (non-hydrogen) atoms. The topological polar surface area (TPSA) is 153 Å². The molecule has 184 valence electrons. The summed E-state index contributed by atoms with van der Waals surface area (Å²) in [4.78, 5) is 36.6. The number of aryl methyl sites for hydroxylation is 1. The van der Waals surface area contributed by atoms with Crippen LogP contribution in [-0.4, -0.2) is 55.1 Å². The van der Waals surface area contributed by atoms with Gasteiger partial charge in [-0.2, -0.15) is 8.42 Å². The quantitative estimate of drug-likeness (QED) is 0.186. The van der Waals surface area contributed by atoms with Crippen LogP contribution < -0.4 is 5.73 Å². The lowest BCUT2D eigenvalue weighted by Gasteiger charge is -2.44. The molecule has 0 spiro atoms. The summed E-state index contributed by atoms with van der Waals surface area (Å²) in [6.45, 7) is 7.21. The van der Waals surface area contributed by atoms with Crippen LogP contribution in [0.15, 0.2) is 40.4 Å². The van der Waals surface area contributed by atoms with E-state index < -0.39 is 40.2 Å². The Bertz CT molecular complexity index is 982. The number of benzene rings is 1. The van der Waals surface area contributed by atoms with Gasteiger partial charge in [-0.1, -0.05) is 37.5 Å². The fourth-order valence-electron chi connectivity index (χ4n) is 2.91. The SMILES string of the molecule is CCCCCC(=O)O[C@@H]1[C@H](N)C(=O)N1C(C(=O)OC)=C(C)C.Cc1ccc(S(=O)(=O)O)cc1. The van der Waals surface area contributed by atoms with E-state index in [1.54, 1.807) is 26.0 Å². The van der Waals surface area contributed by atoms with E-state index in [1.807, 2.05) is 13.8 Å². The van der Waals surface area contributed by atoms with Gasteiger partial charge >= 0.3 is 11.9 Å². The zero-order valence-corrected chi connectivity index (χ0v) is 20.3. The van der Waals surface area contributed by atoms with Crippen molar-refractivity contribution in [3.05, 3.63) is 41.1 Å². The van der Waals surface area contributed by atoms with Gasteiger partial charge in [-0.25, -0.2) is 4.79 Å². The number of hydrogen-bond donors (Lipinski definition) is 2. The molecule has 1 saturated heterocycles. The number of carbonyl (C=O) groups is 3. The Labute approximate surface area is 194 Å². The van der Waals surface area contributed by atoms with Gasteiger partial charge in [-0.3, -0.25) is 19.0 Å². The first-order valence-electron chi connectivity index (χ1n) is 10.4. The van der Waals surface area contributed by atoms with E-state index in [4.69, 9.17) is 15.0 Å². The van der Waals surface area contributed by atoms with E-state index in [0.29, 0.717) is 5.57 Å². The van der Waals surface area contributed by atoms with E-state index in [1.165, 1.54) is 19.2 Å². The third kappa shape index (κ3) is 7.95. The fourth-order valence-corrected chi connectivity index (χ4v) is 3.39. The maximum Gasteiger partial charge on any atom is 0.354 e. The Morgan fingerprint density at radius 1 is 1.15 bits per heavy atom. The van der Waals surface area contributed by atoms with Gasteiger partial charge in [0.2, 0.25) is 6.23 Å². The molecule has 0 bridgehead atoms. The van der Waals surface area contributed by atoms with Gasteiger partial charge in [0.1, 0.15) is 11.7 Å². The molecule has 0 aliphatic carbocycles. The Morgan fingerprint density at radius 2 is 1.73 bits per heavy atom. The largest absolute Gasteiger partial charge is 0.464 e. The van der Waals surface area contributed by atoms with Crippen molar-refractivity contribution in [1.29, 1.82) is 0 Å². The van der Waals surface area contributed by atoms with Crippen LogP contribution >= 0.6 is 0 Å². The molecule has 2 rings (SSSR count). The molecule has 1 aliphatic rings. The lowest BCUT2D eigenvalue weighted by molar-refractivity contribution is -0.186. The number of β-lactam (4-membered cyclic amide) rings is 1. The Morgan fingerprint density at radius 3 is 2.18 bits per heavy atom. The smallest absolute Gasteiger partial charge is 0.354 e. The van der Waals surface area contributed by atoms with E-state index in [-0.39, 0.29) is 17.0 Å². The first kappa shape index (κ1) is 28.3. The molecule has 1 heterocycles. The molecule has 0 radical (unpaired) electrons. The normalized spacial score (nSPS) is 17.3. The molecular weight excluding hydrogens is 452 g/mol. The van der Waals surface area contributed by atoms with E-state index in [0.717, 1.165) is 29.7 Å². The second-order valence-electron chi connectivity index (χ2n) is 7.70. The molecule has 1 fully saturated rings. The van der Waals surface area contributed by atoms with Crippen LogP contribution in [0.2, 0.25) is 0 Å². The van der Waals surface area contributed by atoms with Crippen molar-refractivity contribution in [2.24, 2.45) is 5.73 Å². The van der Waals surface area contributed by atoms with Crippen molar-refractivity contribution < 1.29 is 36.8 Å². The summed E-state index contributed by atoms with van der Waals surface area (Å²) in [5.41, 5.74) is 7.30. The third-order valence-electron chi connectivity index (χ3n) is 4.73. The highest BCUT2D eigenvalue weighted by molar-refractivity contribution is 7.85. The number of methoxy groups -OCH3 is 1. The van der Waals surface area contributed by atoms with E-state index in [2.05, 4.69) is 4.74 Å². The first-order chi connectivity index (χ1) is 15.3. The maximum absolute atomic E-state index is 11.9. The first-order valence-corrected chi connectivity index (χ1v) is 11.9. The molecule has 1 aromatic carbocycles. The molecule has 1 aliphatic heterocycles. The van der Waals surface area contributed by atoms with Crippen LogP contribution in [0.25, 0.3) is 0 Å². The molecule has 1 aromatic rings. The summed E-state index contributed by atoms with van der Waals surface area (Å²) >= 11 is 0. The summed E-state index contributed by atoms with van der Waals surface area (Å²) in [5, 5.41) is 0. The number of nitrogens with zero attached hydrogens (tertiary/aromatic N) is 1. The van der Waals surface area contributed by atoms with Crippen LogP contribution in [0, 0.1) is 6.92 Å². The van der Waals surface area contributed by atoms with Crippen LogP contribution in [0.4, 0.5) is 0 Å². The highest BCUT2D eigenvalue weighted by atomic mass is 32.2. The second kappa shape index (κ2) is 12.5. The van der Waals surface area contributed by atoms with Crippen LogP contribution in [0.3, 0.4) is 0 Å². The average molecular weight is 485 g/mol. The Kier molecular flexibility index (Phi) is 10.7. The number of unbranched alkanes of at least 4 members (excludes halogenated alkanes) is 2. The number of allylic oxidation sites excluding steroid dienone is 1. The molecular formula is C22H32N2O8S. The summed E-state index contributed by atoms with van der Waals surface area (Å²) < 4.78 is 39.5. The van der Waals surface area contributed by atoms with Gasteiger partial charge in [0.05, 0.1) is 12.0 Å². The zero-order valence-electron chi connectivity index (χ0n) is 19.5. The summed E-state index contributed by atoms with van der Waals surface area (Å²) in [7, 11) is -2.80. The van der Waals surface area contributed by atoms with Crippen molar-refractivity contribution in [3.63, 3.8) is 0 Å². The van der Waals surface area contributed by atoms with Crippen molar-refractivity contribution in [1.82, 2.24) is 4.90 Å². The molecule has 0 saturated carbocycles. The van der Waals surface area contributed by atoms with Gasteiger partial charge in [0.15, 0.2) is 0 Å². The van der Waals surface area contributed by atoms with Gasteiger partial charge in [-0.15, -0.1) is 0 Å². The fraction of sp³-hybridized carbons (Fsp3) is 0.500. The molecule has 11 heteroatoms. The van der Waals surface area contributed by atoms with Gasteiger partial charge in [0, 0.05) is 6.42 Å². The second-order valence-corrected chi connectivity index (χ2v) is 9.12. The van der Waals surface area contributed by atoms with Gasteiger partial charge in [-0.05, 0) is 44.9 Å². The van der Waals surface area contributed by atoms with Crippen LogP contribution in [0.5, 0.6) is 0 Å². The van der Waals surface area contributed by atoms with Gasteiger partial charge < -0.3 is 15.2 Å². The van der Waals surface area contributed by atoms with E-state index >= 15 is 0 Å². The zero-order chi connectivity index (χ0) is 25.3. The van der Waals surface area contributed by atoms with Crippen molar-refractivity contribution in [2.75, 3.05) is 7.11 Å². The average Bonchev–Trinajstić information content (AvgIpc) is 2.75. The van der Waals surface area contributed by atoms with Crippen molar-refractivity contribution in [3.8, 4) is 0 Å². The number of rotatable bonds is 8. The summed E-state index contributed by atoms with van der Waals surface area (Å²) in [6.07, 6.45) is 1.95. The number of nitrogens with two attached hydrogens (primary N) is 1. The molecule has 0 unspecified atom stereocenters. The minimum absolute atomic E-state index is 0.0666. The maximum atomic E-state index is 11.9. The summed E-state index contributed by atoms with van der Waals surface area (Å²) in [6, 6.07) is 5.04. The monoisotopic (exact) mass is 484 g/mol. The van der Waals surface area contributed by atoms with Crippen LogP contribution in [-0.2, 0) is 34.0 Å². The highest BCUT2D eigenvalue weighted by Gasteiger charge is 2.51. The predicted molar refractivity (Wildman–Crippen MR) is 120 cm³/mol. The minimum atomic E-state index is -4.02. The van der Waals surface area contributed by atoms with E-state index in [9.17, 15) is 22.8 Å². The number of ether oxygens (including phenoxy) is 2. The molecule has 3 N–H and O–H groups in total.